The molecule has 1 aromatic carbocycles. The van der Waals surface area contributed by atoms with Crippen molar-refractivity contribution in [2.75, 3.05) is 6.61 Å². The fraction of sp³-hybridized carbons (Fsp3) is 0.133. The Morgan fingerprint density at radius 3 is 2.61 bits per heavy atom. The summed E-state index contributed by atoms with van der Waals surface area (Å²) in [5.41, 5.74) is 1.24. The van der Waals surface area contributed by atoms with Crippen molar-refractivity contribution in [3.05, 3.63) is 66.0 Å². The highest BCUT2D eigenvalue weighted by atomic mass is 19.1. The van der Waals surface area contributed by atoms with Crippen LogP contribution in [0.5, 0.6) is 5.75 Å². The van der Waals surface area contributed by atoms with Gasteiger partial charge >= 0.3 is 0 Å². The van der Waals surface area contributed by atoms with Crippen molar-refractivity contribution in [2.24, 2.45) is 0 Å². The molecular weight excluding hydrogens is 229 g/mol. The van der Waals surface area contributed by atoms with Crippen LogP contribution in [0.1, 0.15) is 12.5 Å². The van der Waals surface area contributed by atoms with E-state index in [2.05, 4.69) is 6.58 Å². The van der Waals surface area contributed by atoms with Gasteiger partial charge in [-0.1, -0.05) is 18.7 Å². The maximum absolute atomic E-state index is 12.8. The summed E-state index contributed by atoms with van der Waals surface area (Å²) in [6.45, 7) is 5.65. The third-order valence-corrected chi connectivity index (χ3v) is 2.16. The van der Waals surface area contributed by atoms with E-state index in [1.807, 2.05) is 6.07 Å². The first-order valence-corrected chi connectivity index (χ1v) is 5.46. The van der Waals surface area contributed by atoms with E-state index in [4.69, 9.17) is 10.00 Å². The van der Waals surface area contributed by atoms with Crippen LogP contribution in [0.15, 0.2) is 60.5 Å². The van der Waals surface area contributed by atoms with Crippen molar-refractivity contribution >= 4 is 0 Å². The topological polar surface area (TPSA) is 33.0 Å². The van der Waals surface area contributed by atoms with E-state index >= 15 is 0 Å². The molecule has 2 nitrogen and oxygen atoms in total. The van der Waals surface area contributed by atoms with Gasteiger partial charge in [-0.2, -0.15) is 5.26 Å². The van der Waals surface area contributed by atoms with Gasteiger partial charge < -0.3 is 4.74 Å². The molecule has 0 aromatic heterocycles. The monoisotopic (exact) mass is 243 g/mol. The summed E-state index contributed by atoms with van der Waals surface area (Å²) in [5.74, 6) is 0.338. The summed E-state index contributed by atoms with van der Waals surface area (Å²) in [5, 5.41) is 8.64. The highest BCUT2D eigenvalue weighted by Gasteiger charge is 1.96. The lowest BCUT2D eigenvalue weighted by Gasteiger charge is -2.05. The number of ether oxygens (including phenoxy) is 1. The van der Waals surface area contributed by atoms with Crippen molar-refractivity contribution in [2.45, 2.75) is 6.92 Å². The molecule has 0 saturated heterocycles. The average molecular weight is 243 g/mol. The standard InChI is InChI=1S/C15H14FNO/c1-3-14(16)7-4-12(2)11-18-15-8-5-13(10-17)6-9-15/h3-9H,2,11H2,1H3. The molecule has 1 rings (SSSR count). The second-order valence-electron chi connectivity index (χ2n) is 3.59. The minimum Gasteiger partial charge on any atom is -0.489 e. The van der Waals surface area contributed by atoms with Crippen molar-refractivity contribution < 1.29 is 9.13 Å². The fourth-order valence-electron chi connectivity index (χ4n) is 1.14. The number of hydrogen-bond donors (Lipinski definition) is 0. The van der Waals surface area contributed by atoms with Crippen LogP contribution in [0.25, 0.3) is 0 Å². The molecule has 18 heavy (non-hydrogen) atoms. The van der Waals surface area contributed by atoms with Gasteiger partial charge in [0.05, 0.1) is 11.6 Å². The molecule has 0 atom stereocenters. The minimum absolute atomic E-state index is 0.277. The van der Waals surface area contributed by atoms with Gasteiger partial charge in [-0.15, -0.1) is 0 Å². The molecule has 0 bridgehead atoms. The van der Waals surface area contributed by atoms with Gasteiger partial charge in [-0.25, -0.2) is 4.39 Å². The van der Waals surface area contributed by atoms with E-state index in [-0.39, 0.29) is 12.4 Å². The van der Waals surface area contributed by atoms with Crippen LogP contribution in [0.4, 0.5) is 4.39 Å². The number of hydrogen-bond acceptors (Lipinski definition) is 2. The van der Waals surface area contributed by atoms with Crippen LogP contribution in [-0.4, -0.2) is 6.61 Å². The summed E-state index contributed by atoms with van der Waals surface area (Å²) in [4.78, 5) is 0. The van der Waals surface area contributed by atoms with Crippen molar-refractivity contribution in [1.29, 1.82) is 5.26 Å². The number of nitrogens with zero attached hydrogens (tertiary/aromatic N) is 1. The molecule has 0 aliphatic rings. The Morgan fingerprint density at radius 1 is 1.39 bits per heavy atom. The van der Waals surface area contributed by atoms with E-state index in [1.54, 1.807) is 37.3 Å². The second kappa shape index (κ2) is 7.08. The lowest BCUT2D eigenvalue weighted by molar-refractivity contribution is 0.356. The first-order valence-electron chi connectivity index (χ1n) is 5.46. The molecule has 0 saturated carbocycles. The van der Waals surface area contributed by atoms with Gasteiger partial charge in [-0.05, 0) is 42.8 Å². The zero-order chi connectivity index (χ0) is 13.4. The molecular formula is C15H14FNO. The largest absolute Gasteiger partial charge is 0.489 e. The molecule has 0 N–H and O–H groups in total. The predicted octanol–water partition coefficient (Wildman–Crippen LogP) is 3.92. The Labute approximate surface area is 106 Å². The fourth-order valence-corrected chi connectivity index (χ4v) is 1.14. The molecule has 0 heterocycles. The van der Waals surface area contributed by atoms with Crippen LogP contribution in [0.2, 0.25) is 0 Å². The number of nitriles is 1. The zero-order valence-corrected chi connectivity index (χ0v) is 10.2. The highest BCUT2D eigenvalue weighted by molar-refractivity contribution is 5.35. The Kier molecular flexibility index (Phi) is 5.40. The van der Waals surface area contributed by atoms with Gasteiger partial charge in [0.25, 0.3) is 0 Å². The molecule has 1 aromatic rings. The molecule has 0 aliphatic heterocycles. The Balaban J connectivity index is 2.48. The molecule has 0 fully saturated rings. The Morgan fingerprint density at radius 2 is 2.06 bits per heavy atom. The lowest BCUT2D eigenvalue weighted by Crippen LogP contribution is -1.98. The summed E-state index contributed by atoms with van der Waals surface area (Å²) in [6, 6.07) is 8.79. The second-order valence-corrected chi connectivity index (χ2v) is 3.59. The third kappa shape index (κ3) is 4.67. The van der Waals surface area contributed by atoms with E-state index in [1.165, 1.54) is 12.2 Å². The predicted molar refractivity (Wildman–Crippen MR) is 69.8 cm³/mol. The lowest BCUT2D eigenvalue weighted by atomic mass is 10.2. The van der Waals surface area contributed by atoms with Gasteiger partial charge in [0.2, 0.25) is 0 Å². The van der Waals surface area contributed by atoms with Gasteiger partial charge in [0.15, 0.2) is 0 Å². The first kappa shape index (κ1) is 13.7. The molecule has 0 amide bonds. The summed E-state index contributed by atoms with van der Waals surface area (Å²) in [7, 11) is 0. The Bertz CT molecular complexity index is 506. The Hall–Kier alpha value is -2.34. The normalized spacial score (nSPS) is 11.3. The van der Waals surface area contributed by atoms with Crippen LogP contribution in [-0.2, 0) is 0 Å². The first-order chi connectivity index (χ1) is 8.65. The van der Waals surface area contributed by atoms with Crippen LogP contribution < -0.4 is 4.74 Å². The van der Waals surface area contributed by atoms with Gasteiger partial charge in [0, 0.05) is 0 Å². The molecule has 0 aliphatic carbocycles. The van der Waals surface area contributed by atoms with E-state index in [9.17, 15) is 4.39 Å². The van der Waals surface area contributed by atoms with Crippen molar-refractivity contribution in [1.82, 2.24) is 0 Å². The minimum atomic E-state index is -0.311. The SMILES string of the molecule is C=C(C=CC(F)=CC)COc1ccc(C#N)cc1. The van der Waals surface area contributed by atoms with Gasteiger partial charge in [0.1, 0.15) is 18.2 Å². The maximum Gasteiger partial charge on any atom is 0.119 e. The van der Waals surface area contributed by atoms with Crippen molar-refractivity contribution in [3.8, 4) is 11.8 Å². The third-order valence-electron chi connectivity index (χ3n) is 2.16. The van der Waals surface area contributed by atoms with Gasteiger partial charge in [-0.3, -0.25) is 0 Å². The average Bonchev–Trinajstić information content (AvgIpc) is 2.42. The zero-order valence-electron chi connectivity index (χ0n) is 10.2. The van der Waals surface area contributed by atoms with E-state index in [0.717, 1.165) is 0 Å². The molecule has 3 heteroatoms. The highest BCUT2D eigenvalue weighted by Crippen LogP contribution is 2.12. The summed E-state index contributed by atoms with van der Waals surface area (Å²) >= 11 is 0. The summed E-state index contributed by atoms with van der Waals surface area (Å²) < 4.78 is 18.2. The maximum atomic E-state index is 12.8. The number of benzene rings is 1. The summed E-state index contributed by atoms with van der Waals surface area (Å²) in [6.07, 6.45) is 4.27. The van der Waals surface area contributed by atoms with E-state index in [0.29, 0.717) is 16.9 Å². The smallest absolute Gasteiger partial charge is 0.119 e. The molecule has 92 valence electrons. The molecule has 0 radical (unpaired) electrons. The van der Waals surface area contributed by atoms with Crippen LogP contribution >= 0.6 is 0 Å². The molecule has 0 spiro atoms. The van der Waals surface area contributed by atoms with Crippen LogP contribution in [0.3, 0.4) is 0 Å². The van der Waals surface area contributed by atoms with Crippen molar-refractivity contribution in [3.63, 3.8) is 0 Å². The number of allylic oxidation sites excluding steroid dienone is 3. The number of rotatable bonds is 5. The molecule has 0 unspecified atom stereocenters. The number of halogens is 1. The van der Waals surface area contributed by atoms with Crippen LogP contribution in [0, 0.1) is 11.3 Å². The quantitative estimate of drug-likeness (QED) is 0.734. The van der Waals surface area contributed by atoms with E-state index < -0.39 is 0 Å².